The minimum absolute atomic E-state index is 0.0366. The third-order valence-electron chi connectivity index (χ3n) is 2.58. The van der Waals surface area contributed by atoms with Gasteiger partial charge in [-0.15, -0.1) is 0 Å². The minimum atomic E-state index is -0.373. The maximum absolute atomic E-state index is 11.7. The van der Waals surface area contributed by atoms with Crippen molar-refractivity contribution in [2.75, 3.05) is 13.2 Å². The van der Waals surface area contributed by atoms with E-state index in [-0.39, 0.29) is 17.6 Å². The summed E-state index contributed by atoms with van der Waals surface area (Å²) in [5.41, 5.74) is -0.194. The molecule has 0 bridgehead atoms. The van der Waals surface area contributed by atoms with E-state index in [1.54, 1.807) is 6.92 Å². The molecular weight excluding hydrogens is 204 g/mol. The van der Waals surface area contributed by atoms with Gasteiger partial charge in [-0.1, -0.05) is 0 Å². The van der Waals surface area contributed by atoms with Crippen LogP contribution < -0.4 is 10.6 Å². The Hall–Kier alpha value is -0.610. The highest BCUT2D eigenvalue weighted by Crippen LogP contribution is 2.07. The lowest BCUT2D eigenvalue weighted by atomic mass is 10.1. The molecule has 0 spiro atoms. The van der Waals surface area contributed by atoms with E-state index >= 15 is 0 Å². The van der Waals surface area contributed by atoms with E-state index in [4.69, 9.17) is 4.74 Å². The molecule has 0 aromatic rings. The zero-order chi connectivity index (χ0) is 12.2. The molecule has 0 aromatic carbocycles. The van der Waals surface area contributed by atoms with Crippen molar-refractivity contribution in [3.8, 4) is 0 Å². The van der Waals surface area contributed by atoms with Gasteiger partial charge in [-0.05, 0) is 47.1 Å². The van der Waals surface area contributed by atoms with Crippen LogP contribution in [0.4, 0.5) is 0 Å². The lowest BCUT2D eigenvalue weighted by molar-refractivity contribution is -0.133. The van der Waals surface area contributed by atoms with Crippen molar-refractivity contribution in [3.05, 3.63) is 0 Å². The van der Waals surface area contributed by atoms with E-state index in [0.717, 1.165) is 13.0 Å². The molecule has 1 saturated heterocycles. The highest BCUT2D eigenvalue weighted by molar-refractivity contribution is 5.80. The Morgan fingerprint density at radius 1 is 1.56 bits per heavy atom. The molecule has 2 N–H and O–H groups in total. The van der Waals surface area contributed by atoms with Crippen LogP contribution in [0.25, 0.3) is 0 Å². The molecule has 2 atom stereocenters. The minimum Gasteiger partial charge on any atom is -0.367 e. The molecule has 0 saturated carbocycles. The van der Waals surface area contributed by atoms with Gasteiger partial charge in [-0.2, -0.15) is 0 Å². The lowest BCUT2D eigenvalue weighted by Gasteiger charge is -2.24. The number of carbonyl (C=O) groups is 1. The molecule has 0 aliphatic carbocycles. The average molecular weight is 228 g/mol. The van der Waals surface area contributed by atoms with Gasteiger partial charge in [0.1, 0.15) is 6.10 Å². The van der Waals surface area contributed by atoms with Gasteiger partial charge < -0.3 is 15.4 Å². The number of carbonyl (C=O) groups excluding carboxylic acids is 1. The number of nitrogens with one attached hydrogen (secondary N) is 2. The first kappa shape index (κ1) is 13.5. The predicted molar refractivity (Wildman–Crippen MR) is 64.3 cm³/mol. The van der Waals surface area contributed by atoms with Gasteiger partial charge in [0.2, 0.25) is 5.91 Å². The van der Waals surface area contributed by atoms with Gasteiger partial charge in [0.15, 0.2) is 0 Å². The van der Waals surface area contributed by atoms with Crippen molar-refractivity contribution in [1.82, 2.24) is 10.6 Å². The third-order valence-corrected chi connectivity index (χ3v) is 2.58. The van der Waals surface area contributed by atoms with Crippen LogP contribution >= 0.6 is 0 Å². The SMILES string of the molecule is CC(OCC1CCCN1)C(=O)NC(C)(C)C. The van der Waals surface area contributed by atoms with Crippen LogP contribution in [0.3, 0.4) is 0 Å². The number of hydrogen-bond acceptors (Lipinski definition) is 3. The number of ether oxygens (including phenoxy) is 1. The third kappa shape index (κ3) is 4.94. The second-order valence-electron chi connectivity index (χ2n) is 5.51. The van der Waals surface area contributed by atoms with E-state index in [2.05, 4.69) is 10.6 Å². The first-order valence-electron chi connectivity index (χ1n) is 6.05. The van der Waals surface area contributed by atoms with Gasteiger partial charge >= 0.3 is 0 Å². The predicted octanol–water partition coefficient (Wildman–Crippen LogP) is 1.06. The summed E-state index contributed by atoms with van der Waals surface area (Å²) < 4.78 is 5.56. The molecule has 0 radical (unpaired) electrons. The molecule has 1 fully saturated rings. The zero-order valence-corrected chi connectivity index (χ0v) is 10.8. The molecule has 1 amide bonds. The molecule has 0 aromatic heterocycles. The summed E-state index contributed by atoms with van der Waals surface area (Å²) in [7, 11) is 0. The van der Waals surface area contributed by atoms with Gasteiger partial charge in [-0.25, -0.2) is 0 Å². The fraction of sp³-hybridized carbons (Fsp3) is 0.917. The van der Waals surface area contributed by atoms with E-state index < -0.39 is 0 Å². The Bertz CT molecular complexity index is 230. The maximum atomic E-state index is 11.7. The monoisotopic (exact) mass is 228 g/mol. The normalized spacial score (nSPS) is 23.1. The van der Waals surface area contributed by atoms with Gasteiger partial charge in [0, 0.05) is 11.6 Å². The van der Waals surface area contributed by atoms with Gasteiger partial charge in [0.05, 0.1) is 6.61 Å². The smallest absolute Gasteiger partial charge is 0.249 e. The average Bonchev–Trinajstić information content (AvgIpc) is 2.63. The highest BCUT2D eigenvalue weighted by Gasteiger charge is 2.21. The molecule has 2 unspecified atom stereocenters. The van der Waals surface area contributed by atoms with Crippen molar-refractivity contribution in [3.63, 3.8) is 0 Å². The Kier molecular flexibility index (Phi) is 4.74. The highest BCUT2D eigenvalue weighted by atomic mass is 16.5. The van der Waals surface area contributed by atoms with Crippen molar-refractivity contribution in [2.24, 2.45) is 0 Å². The van der Waals surface area contributed by atoms with Gasteiger partial charge in [-0.3, -0.25) is 4.79 Å². The molecule has 1 rings (SSSR count). The molecular formula is C12H24N2O2. The summed E-state index contributed by atoms with van der Waals surface area (Å²) in [6, 6.07) is 0.421. The van der Waals surface area contributed by atoms with Crippen molar-refractivity contribution >= 4 is 5.91 Å². The zero-order valence-electron chi connectivity index (χ0n) is 10.8. The van der Waals surface area contributed by atoms with Crippen LogP contribution in [0.15, 0.2) is 0 Å². The molecule has 4 heteroatoms. The van der Waals surface area contributed by atoms with E-state index in [1.165, 1.54) is 6.42 Å². The standard InChI is InChI=1S/C12H24N2O2/c1-9(11(15)14-12(2,3)4)16-8-10-6-5-7-13-10/h9-10,13H,5-8H2,1-4H3,(H,14,15). The number of hydrogen-bond donors (Lipinski definition) is 2. The fourth-order valence-corrected chi connectivity index (χ4v) is 1.71. The maximum Gasteiger partial charge on any atom is 0.249 e. The Labute approximate surface area is 98.1 Å². The molecule has 16 heavy (non-hydrogen) atoms. The first-order valence-corrected chi connectivity index (χ1v) is 6.05. The van der Waals surface area contributed by atoms with E-state index in [0.29, 0.717) is 12.6 Å². The van der Waals surface area contributed by atoms with E-state index in [1.807, 2.05) is 20.8 Å². The van der Waals surface area contributed by atoms with Crippen LogP contribution in [0.5, 0.6) is 0 Å². The summed E-state index contributed by atoms with van der Waals surface area (Å²) >= 11 is 0. The second kappa shape index (κ2) is 5.64. The number of rotatable bonds is 4. The quantitative estimate of drug-likeness (QED) is 0.756. The van der Waals surface area contributed by atoms with Crippen molar-refractivity contribution < 1.29 is 9.53 Å². The van der Waals surface area contributed by atoms with Crippen LogP contribution in [0.2, 0.25) is 0 Å². The van der Waals surface area contributed by atoms with Crippen LogP contribution in [0, 0.1) is 0 Å². The Morgan fingerprint density at radius 3 is 2.75 bits per heavy atom. The summed E-state index contributed by atoms with van der Waals surface area (Å²) in [4.78, 5) is 11.7. The van der Waals surface area contributed by atoms with Crippen molar-refractivity contribution in [2.45, 2.75) is 58.2 Å². The summed E-state index contributed by atoms with van der Waals surface area (Å²) in [6.45, 7) is 9.40. The number of amides is 1. The van der Waals surface area contributed by atoms with Crippen molar-refractivity contribution in [1.29, 1.82) is 0 Å². The molecule has 1 aliphatic rings. The Balaban J connectivity index is 2.23. The summed E-state index contributed by atoms with van der Waals surface area (Å²) in [5, 5.41) is 6.25. The second-order valence-corrected chi connectivity index (χ2v) is 5.51. The van der Waals surface area contributed by atoms with E-state index in [9.17, 15) is 4.79 Å². The topological polar surface area (TPSA) is 50.4 Å². The lowest BCUT2D eigenvalue weighted by Crippen LogP contribution is -2.46. The summed E-state index contributed by atoms with van der Waals surface area (Å²) in [6.07, 6.45) is 1.98. The van der Waals surface area contributed by atoms with Crippen LogP contribution in [0.1, 0.15) is 40.5 Å². The van der Waals surface area contributed by atoms with Crippen LogP contribution in [-0.2, 0) is 9.53 Å². The summed E-state index contributed by atoms with van der Waals surface area (Å²) in [5.74, 6) is -0.0366. The first-order chi connectivity index (χ1) is 7.38. The molecule has 1 heterocycles. The molecule has 1 aliphatic heterocycles. The fourth-order valence-electron chi connectivity index (χ4n) is 1.71. The largest absolute Gasteiger partial charge is 0.367 e. The Morgan fingerprint density at radius 2 is 2.25 bits per heavy atom. The molecule has 4 nitrogen and oxygen atoms in total. The molecule has 94 valence electrons. The van der Waals surface area contributed by atoms with Gasteiger partial charge in [0.25, 0.3) is 0 Å². The van der Waals surface area contributed by atoms with Crippen LogP contribution in [-0.4, -0.2) is 36.7 Å².